The Labute approximate surface area is 195 Å². The molecule has 0 spiro atoms. The van der Waals surface area contributed by atoms with Gasteiger partial charge >= 0.3 is 0 Å². The van der Waals surface area contributed by atoms with Crippen molar-refractivity contribution in [2.45, 2.75) is 115 Å². The van der Waals surface area contributed by atoms with Crippen LogP contribution in [-0.2, 0) is 9.84 Å². The first-order valence-electron chi connectivity index (χ1n) is 12.9. The van der Waals surface area contributed by atoms with E-state index in [9.17, 15) is 18.6 Å². The summed E-state index contributed by atoms with van der Waals surface area (Å²) in [5, 5.41) is 19.8. The highest BCUT2D eigenvalue weighted by Gasteiger charge is 2.51. The monoisotopic (exact) mass is 464 g/mol. The number of sulfone groups is 1. The number of aliphatic hydroxyl groups is 2. The quantitative estimate of drug-likeness (QED) is 0.520. The molecule has 0 aromatic rings. The van der Waals surface area contributed by atoms with Gasteiger partial charge in [0.05, 0.1) is 17.5 Å². The molecule has 182 valence electrons. The van der Waals surface area contributed by atoms with Crippen LogP contribution < -0.4 is 0 Å². The summed E-state index contributed by atoms with van der Waals surface area (Å²) in [5.74, 6) is 1.99. The summed E-state index contributed by atoms with van der Waals surface area (Å²) >= 11 is 0. The number of rotatable bonds is 6. The predicted molar refractivity (Wildman–Crippen MR) is 130 cm³/mol. The van der Waals surface area contributed by atoms with Gasteiger partial charge in [0, 0.05) is 0 Å². The minimum Gasteiger partial charge on any atom is -0.393 e. The zero-order chi connectivity index (χ0) is 23.3. The molecule has 5 heteroatoms. The molecule has 2 fully saturated rings. The van der Waals surface area contributed by atoms with Crippen molar-refractivity contribution in [2.24, 2.45) is 23.2 Å². The molecule has 0 amide bonds. The van der Waals surface area contributed by atoms with E-state index < -0.39 is 20.7 Å². The number of hydrogen-bond donors (Lipinski definition) is 2. The minimum absolute atomic E-state index is 0.201. The van der Waals surface area contributed by atoms with E-state index in [0.717, 1.165) is 49.7 Å². The van der Waals surface area contributed by atoms with Crippen LogP contribution in [0.5, 0.6) is 0 Å². The second kappa shape index (κ2) is 8.85. The number of hydrogen-bond acceptors (Lipinski definition) is 4. The van der Waals surface area contributed by atoms with E-state index in [0.29, 0.717) is 30.6 Å². The summed E-state index contributed by atoms with van der Waals surface area (Å²) in [7, 11) is -3.18. The van der Waals surface area contributed by atoms with Crippen LogP contribution in [0.15, 0.2) is 22.8 Å². The highest BCUT2D eigenvalue weighted by molar-refractivity contribution is 7.92. The molecule has 0 bridgehead atoms. The van der Waals surface area contributed by atoms with Crippen LogP contribution in [-0.4, -0.2) is 41.3 Å². The molecule has 6 atom stereocenters. The SMILES string of the molecule is C[C@H](CCCC(C)(C)O)[C@H]1CC[C@H]2/C(=C/[C@H]3C4=C(CC[C@H](O)C4)CS3(=O)=O)CCC[C@]12C. The molecular weight excluding hydrogens is 420 g/mol. The zero-order valence-corrected chi connectivity index (χ0v) is 21.4. The standard InChI is InChI=1S/C27H44O4S/c1-18(7-5-13-26(2,3)29)23-11-12-24-19(8-6-14-27(23,24)4)15-25-22-16-21(28)10-9-20(22)17-32(25,30)31/h15,18,21,23-25,28-29H,5-14,16-17H2,1-4H3/b19-15+/t18-,21+,23-,24+,25+,27-/m1/s1. The van der Waals surface area contributed by atoms with E-state index in [2.05, 4.69) is 19.9 Å². The first-order valence-corrected chi connectivity index (χ1v) is 14.7. The molecule has 2 N–H and O–H groups in total. The Hall–Kier alpha value is -0.650. The average Bonchev–Trinajstić information content (AvgIpc) is 3.15. The summed E-state index contributed by atoms with van der Waals surface area (Å²) in [6.45, 7) is 8.65. The van der Waals surface area contributed by atoms with E-state index in [4.69, 9.17) is 0 Å². The molecule has 0 unspecified atom stereocenters. The van der Waals surface area contributed by atoms with Gasteiger partial charge in [-0.2, -0.15) is 0 Å². The molecule has 1 aliphatic heterocycles. The van der Waals surface area contributed by atoms with Crippen molar-refractivity contribution in [3.63, 3.8) is 0 Å². The van der Waals surface area contributed by atoms with Crippen molar-refractivity contribution in [3.8, 4) is 0 Å². The Bertz CT molecular complexity index is 878. The van der Waals surface area contributed by atoms with Crippen LogP contribution >= 0.6 is 0 Å². The third-order valence-electron chi connectivity index (χ3n) is 9.33. The number of fused-ring (bicyclic) bond motifs is 1. The molecule has 32 heavy (non-hydrogen) atoms. The van der Waals surface area contributed by atoms with Crippen LogP contribution in [0.1, 0.15) is 98.3 Å². The Morgan fingerprint density at radius 1 is 1.22 bits per heavy atom. The molecule has 0 aromatic carbocycles. The van der Waals surface area contributed by atoms with Crippen molar-refractivity contribution < 1.29 is 18.6 Å². The minimum atomic E-state index is -3.18. The lowest BCUT2D eigenvalue weighted by atomic mass is 9.60. The molecule has 4 nitrogen and oxygen atoms in total. The van der Waals surface area contributed by atoms with Gasteiger partial charge in [-0.3, -0.25) is 0 Å². The largest absolute Gasteiger partial charge is 0.393 e. The maximum absolute atomic E-state index is 13.1. The summed E-state index contributed by atoms with van der Waals surface area (Å²) < 4.78 is 26.1. The second-order valence-corrected chi connectivity index (χ2v) is 14.4. The summed E-state index contributed by atoms with van der Waals surface area (Å²) in [6, 6.07) is 0. The van der Waals surface area contributed by atoms with Gasteiger partial charge in [-0.1, -0.05) is 43.9 Å². The predicted octanol–water partition coefficient (Wildman–Crippen LogP) is 5.34. The highest BCUT2D eigenvalue weighted by Crippen LogP contribution is 2.60. The molecule has 4 aliphatic rings. The number of allylic oxidation sites excluding steroid dienone is 1. The van der Waals surface area contributed by atoms with Crippen LogP contribution in [0, 0.1) is 23.2 Å². The van der Waals surface area contributed by atoms with Crippen molar-refractivity contribution in [1.29, 1.82) is 0 Å². The molecule has 4 rings (SSSR count). The van der Waals surface area contributed by atoms with Crippen molar-refractivity contribution in [3.05, 3.63) is 22.8 Å². The number of aliphatic hydroxyl groups excluding tert-OH is 1. The Balaban J connectivity index is 1.53. The fourth-order valence-electron chi connectivity index (χ4n) is 7.70. The van der Waals surface area contributed by atoms with Crippen LogP contribution in [0.2, 0.25) is 0 Å². The zero-order valence-electron chi connectivity index (χ0n) is 20.6. The van der Waals surface area contributed by atoms with Gasteiger partial charge in [-0.05, 0) is 100 Å². The van der Waals surface area contributed by atoms with Crippen molar-refractivity contribution in [1.82, 2.24) is 0 Å². The lowest BCUT2D eigenvalue weighted by Gasteiger charge is -2.44. The lowest BCUT2D eigenvalue weighted by Crippen LogP contribution is -2.36. The fraction of sp³-hybridized carbons (Fsp3) is 0.852. The normalized spacial score (nSPS) is 39.2. The molecule has 1 heterocycles. The highest BCUT2D eigenvalue weighted by atomic mass is 32.2. The summed E-state index contributed by atoms with van der Waals surface area (Å²) in [4.78, 5) is 0. The van der Waals surface area contributed by atoms with Crippen LogP contribution in [0.3, 0.4) is 0 Å². The van der Waals surface area contributed by atoms with Gasteiger partial charge in [0.15, 0.2) is 9.84 Å². The van der Waals surface area contributed by atoms with Gasteiger partial charge in [0.1, 0.15) is 5.25 Å². The maximum Gasteiger partial charge on any atom is 0.164 e. The molecule has 2 saturated carbocycles. The van der Waals surface area contributed by atoms with E-state index in [1.54, 1.807) is 0 Å². The molecule has 0 saturated heterocycles. The molecular formula is C27H44O4S. The van der Waals surface area contributed by atoms with E-state index >= 15 is 0 Å². The van der Waals surface area contributed by atoms with Crippen LogP contribution in [0.25, 0.3) is 0 Å². The summed E-state index contributed by atoms with van der Waals surface area (Å²) in [6.07, 6.45) is 12.6. The third kappa shape index (κ3) is 4.77. The maximum atomic E-state index is 13.1. The first kappa shape index (κ1) is 24.5. The lowest BCUT2D eigenvalue weighted by molar-refractivity contribution is 0.0596. The van der Waals surface area contributed by atoms with Gasteiger partial charge < -0.3 is 10.2 Å². The van der Waals surface area contributed by atoms with Gasteiger partial charge in [0.2, 0.25) is 0 Å². The Morgan fingerprint density at radius 3 is 2.69 bits per heavy atom. The van der Waals surface area contributed by atoms with Crippen molar-refractivity contribution in [2.75, 3.05) is 5.75 Å². The average molecular weight is 465 g/mol. The fourth-order valence-corrected chi connectivity index (χ4v) is 9.78. The third-order valence-corrected chi connectivity index (χ3v) is 11.3. The Kier molecular flexibility index (Phi) is 6.77. The van der Waals surface area contributed by atoms with Gasteiger partial charge in [-0.25, -0.2) is 8.42 Å². The molecule has 3 aliphatic carbocycles. The Morgan fingerprint density at radius 2 is 1.97 bits per heavy atom. The van der Waals surface area contributed by atoms with Gasteiger partial charge in [-0.15, -0.1) is 0 Å². The van der Waals surface area contributed by atoms with E-state index in [1.165, 1.54) is 24.8 Å². The second-order valence-electron chi connectivity index (χ2n) is 12.3. The van der Waals surface area contributed by atoms with Gasteiger partial charge in [0.25, 0.3) is 0 Å². The van der Waals surface area contributed by atoms with Crippen molar-refractivity contribution >= 4 is 9.84 Å². The van der Waals surface area contributed by atoms with Crippen LogP contribution in [0.4, 0.5) is 0 Å². The first-order chi connectivity index (χ1) is 14.9. The molecule has 0 aromatic heterocycles. The summed E-state index contributed by atoms with van der Waals surface area (Å²) in [5.41, 5.74) is 3.14. The molecule has 0 radical (unpaired) electrons. The smallest absolute Gasteiger partial charge is 0.164 e. The van der Waals surface area contributed by atoms with E-state index in [-0.39, 0.29) is 17.3 Å². The topological polar surface area (TPSA) is 74.6 Å². The van der Waals surface area contributed by atoms with E-state index in [1.807, 2.05) is 13.8 Å².